The van der Waals surface area contributed by atoms with Crippen LogP contribution < -0.4 is 10.5 Å². The molecule has 0 fully saturated rings. The van der Waals surface area contributed by atoms with E-state index in [9.17, 15) is 4.79 Å². The van der Waals surface area contributed by atoms with E-state index >= 15 is 0 Å². The Balaban J connectivity index is 2.55. The molecular weight excluding hydrogens is 170 g/mol. The third kappa shape index (κ3) is 0.990. The molecule has 0 saturated heterocycles. The number of carboxylic acid groups (broad SMARTS) is 1. The van der Waals surface area contributed by atoms with Crippen LogP contribution in [0.15, 0.2) is 24.3 Å². The van der Waals surface area contributed by atoms with Gasteiger partial charge in [0.05, 0.1) is 0 Å². The van der Waals surface area contributed by atoms with Crippen molar-refractivity contribution in [2.75, 3.05) is 6.61 Å². The second kappa shape index (κ2) is 2.47. The van der Waals surface area contributed by atoms with Gasteiger partial charge in [0.1, 0.15) is 12.4 Å². The van der Waals surface area contributed by atoms with E-state index in [0.29, 0.717) is 11.3 Å². The van der Waals surface area contributed by atoms with Crippen molar-refractivity contribution >= 4 is 5.97 Å². The summed E-state index contributed by atoms with van der Waals surface area (Å²) in [7, 11) is 0. The van der Waals surface area contributed by atoms with Gasteiger partial charge in [-0.1, -0.05) is 18.2 Å². The molecule has 1 aromatic carbocycles. The SMILES string of the molecule is N[C@]1(C(=O)O)COc2ccccc21. The molecule has 4 nitrogen and oxygen atoms in total. The summed E-state index contributed by atoms with van der Waals surface area (Å²) >= 11 is 0. The zero-order chi connectivity index (χ0) is 9.47. The first-order valence-corrected chi connectivity index (χ1v) is 3.89. The van der Waals surface area contributed by atoms with Gasteiger partial charge < -0.3 is 15.6 Å². The van der Waals surface area contributed by atoms with Gasteiger partial charge in [-0.15, -0.1) is 0 Å². The monoisotopic (exact) mass is 179 g/mol. The Kier molecular flexibility index (Phi) is 1.53. The van der Waals surface area contributed by atoms with Crippen molar-refractivity contribution in [3.63, 3.8) is 0 Å². The summed E-state index contributed by atoms with van der Waals surface area (Å²) in [6, 6.07) is 6.92. The first-order chi connectivity index (χ1) is 6.14. The number of ether oxygens (including phenoxy) is 1. The number of para-hydroxylation sites is 1. The Morgan fingerprint density at radius 2 is 2.23 bits per heavy atom. The van der Waals surface area contributed by atoms with E-state index in [2.05, 4.69) is 0 Å². The lowest BCUT2D eigenvalue weighted by molar-refractivity contribution is -0.144. The summed E-state index contributed by atoms with van der Waals surface area (Å²) in [5.41, 5.74) is 4.85. The summed E-state index contributed by atoms with van der Waals surface area (Å²) in [6.07, 6.45) is 0. The number of nitrogens with two attached hydrogens (primary N) is 1. The first-order valence-electron chi connectivity index (χ1n) is 3.89. The van der Waals surface area contributed by atoms with Crippen molar-refractivity contribution in [2.24, 2.45) is 5.73 Å². The van der Waals surface area contributed by atoms with Crippen molar-refractivity contribution < 1.29 is 14.6 Å². The number of fused-ring (bicyclic) bond motifs is 1. The van der Waals surface area contributed by atoms with Crippen LogP contribution in [0.2, 0.25) is 0 Å². The average molecular weight is 179 g/mol. The molecule has 0 unspecified atom stereocenters. The van der Waals surface area contributed by atoms with Crippen molar-refractivity contribution in [1.29, 1.82) is 0 Å². The van der Waals surface area contributed by atoms with Gasteiger partial charge in [0.15, 0.2) is 5.54 Å². The van der Waals surface area contributed by atoms with E-state index in [1.54, 1.807) is 24.3 Å². The van der Waals surface area contributed by atoms with Gasteiger partial charge in [-0.05, 0) is 6.07 Å². The van der Waals surface area contributed by atoms with Crippen molar-refractivity contribution in [3.05, 3.63) is 29.8 Å². The third-order valence-corrected chi connectivity index (χ3v) is 2.20. The lowest BCUT2D eigenvalue weighted by Gasteiger charge is -2.15. The standard InChI is InChI=1S/C9H9NO3/c10-9(8(11)12)5-13-7-4-2-1-3-6(7)9/h1-4H,5,10H2,(H,11,12)/t9-/m1/s1. The van der Waals surface area contributed by atoms with Crippen LogP contribution in [0.3, 0.4) is 0 Å². The fourth-order valence-corrected chi connectivity index (χ4v) is 1.41. The molecule has 1 aliphatic heterocycles. The van der Waals surface area contributed by atoms with E-state index in [4.69, 9.17) is 15.6 Å². The Morgan fingerprint density at radius 3 is 2.92 bits per heavy atom. The first kappa shape index (κ1) is 8.07. The van der Waals surface area contributed by atoms with Gasteiger partial charge in [-0.3, -0.25) is 0 Å². The molecule has 0 spiro atoms. The zero-order valence-electron chi connectivity index (χ0n) is 6.86. The molecule has 0 radical (unpaired) electrons. The molecule has 1 aromatic rings. The maximum atomic E-state index is 10.9. The van der Waals surface area contributed by atoms with E-state index < -0.39 is 11.5 Å². The molecule has 2 rings (SSSR count). The van der Waals surface area contributed by atoms with Crippen LogP contribution in [0.25, 0.3) is 0 Å². The molecule has 1 atom stereocenters. The maximum Gasteiger partial charge on any atom is 0.332 e. The van der Waals surface area contributed by atoms with Gasteiger partial charge in [0.2, 0.25) is 0 Å². The van der Waals surface area contributed by atoms with Crippen LogP contribution in [0, 0.1) is 0 Å². The van der Waals surface area contributed by atoms with Crippen LogP contribution in [0.1, 0.15) is 5.56 Å². The smallest absolute Gasteiger partial charge is 0.332 e. The van der Waals surface area contributed by atoms with Crippen LogP contribution in [-0.2, 0) is 10.3 Å². The number of rotatable bonds is 1. The molecule has 13 heavy (non-hydrogen) atoms. The lowest BCUT2D eigenvalue weighted by atomic mass is 9.94. The summed E-state index contributed by atoms with van der Waals surface area (Å²) in [6.45, 7) is 0.00167. The van der Waals surface area contributed by atoms with Crippen molar-refractivity contribution in [1.82, 2.24) is 0 Å². The Morgan fingerprint density at radius 1 is 1.54 bits per heavy atom. The zero-order valence-corrected chi connectivity index (χ0v) is 6.86. The molecule has 0 saturated carbocycles. The number of hydrogen-bond acceptors (Lipinski definition) is 3. The molecule has 4 heteroatoms. The quantitative estimate of drug-likeness (QED) is 0.651. The van der Waals surface area contributed by atoms with Gasteiger partial charge in [-0.25, -0.2) is 4.79 Å². The Hall–Kier alpha value is -1.55. The van der Waals surface area contributed by atoms with Crippen LogP contribution in [0.5, 0.6) is 5.75 Å². The van der Waals surface area contributed by atoms with Crippen molar-refractivity contribution in [2.45, 2.75) is 5.54 Å². The van der Waals surface area contributed by atoms with Gasteiger partial charge in [-0.2, -0.15) is 0 Å². The number of aliphatic carboxylic acids is 1. The molecule has 0 aliphatic carbocycles. The highest BCUT2D eigenvalue weighted by molar-refractivity contribution is 5.82. The predicted molar refractivity (Wildman–Crippen MR) is 45.4 cm³/mol. The molecule has 0 bridgehead atoms. The summed E-state index contributed by atoms with van der Waals surface area (Å²) in [4.78, 5) is 10.9. The maximum absolute atomic E-state index is 10.9. The molecule has 1 heterocycles. The summed E-state index contributed by atoms with van der Waals surface area (Å²) in [5, 5.41) is 8.91. The average Bonchev–Trinajstić information content (AvgIpc) is 2.47. The largest absolute Gasteiger partial charge is 0.490 e. The van der Waals surface area contributed by atoms with Crippen LogP contribution >= 0.6 is 0 Å². The Labute approximate surface area is 74.9 Å². The van der Waals surface area contributed by atoms with E-state index in [1.165, 1.54) is 0 Å². The fraction of sp³-hybridized carbons (Fsp3) is 0.222. The fourth-order valence-electron chi connectivity index (χ4n) is 1.41. The molecule has 3 N–H and O–H groups in total. The van der Waals surface area contributed by atoms with Crippen LogP contribution in [-0.4, -0.2) is 17.7 Å². The minimum atomic E-state index is -1.38. The minimum absolute atomic E-state index is 0.00167. The molecular formula is C9H9NO3. The molecule has 68 valence electrons. The number of carboxylic acids is 1. The second-order valence-corrected chi connectivity index (χ2v) is 3.06. The van der Waals surface area contributed by atoms with Gasteiger partial charge >= 0.3 is 5.97 Å². The Bertz CT molecular complexity index is 364. The highest BCUT2D eigenvalue weighted by Crippen LogP contribution is 2.34. The normalized spacial score (nSPS) is 25.0. The molecule has 0 amide bonds. The summed E-state index contributed by atoms with van der Waals surface area (Å²) < 4.78 is 5.17. The lowest BCUT2D eigenvalue weighted by Crippen LogP contribution is -2.46. The molecule has 1 aliphatic rings. The van der Waals surface area contributed by atoms with Gasteiger partial charge in [0.25, 0.3) is 0 Å². The number of hydrogen-bond donors (Lipinski definition) is 2. The minimum Gasteiger partial charge on any atom is -0.490 e. The summed E-state index contributed by atoms with van der Waals surface area (Å²) in [5.74, 6) is -0.496. The van der Waals surface area contributed by atoms with E-state index in [1.807, 2.05) is 0 Å². The van der Waals surface area contributed by atoms with Crippen molar-refractivity contribution in [3.8, 4) is 5.75 Å². The highest BCUT2D eigenvalue weighted by Gasteiger charge is 2.43. The second-order valence-electron chi connectivity index (χ2n) is 3.06. The van der Waals surface area contributed by atoms with Crippen LogP contribution in [0.4, 0.5) is 0 Å². The van der Waals surface area contributed by atoms with Gasteiger partial charge in [0, 0.05) is 5.56 Å². The number of carbonyl (C=O) groups is 1. The van der Waals surface area contributed by atoms with E-state index in [-0.39, 0.29) is 6.61 Å². The number of benzene rings is 1. The third-order valence-electron chi connectivity index (χ3n) is 2.20. The topological polar surface area (TPSA) is 72.6 Å². The molecule has 0 aromatic heterocycles. The highest BCUT2D eigenvalue weighted by atomic mass is 16.5. The predicted octanol–water partition coefficient (Wildman–Crippen LogP) is 0.318. The van der Waals surface area contributed by atoms with E-state index in [0.717, 1.165) is 0 Å².